The number of halogens is 2. The van der Waals surface area contributed by atoms with Gasteiger partial charge in [0.2, 0.25) is 5.91 Å². The summed E-state index contributed by atoms with van der Waals surface area (Å²) in [6.07, 6.45) is 5.92. The lowest BCUT2D eigenvalue weighted by atomic mass is 10.0. The molecule has 0 spiro atoms. The third-order valence-corrected chi connectivity index (χ3v) is 5.58. The molecule has 2 aromatic heterocycles. The largest absolute Gasteiger partial charge is 0.487 e. The van der Waals surface area contributed by atoms with E-state index in [-0.39, 0.29) is 31.9 Å². The van der Waals surface area contributed by atoms with Gasteiger partial charge in [0.05, 0.1) is 37.3 Å². The highest BCUT2D eigenvalue weighted by Crippen LogP contribution is 2.41. The van der Waals surface area contributed by atoms with Crippen molar-refractivity contribution in [3.05, 3.63) is 65.8 Å². The Kier molecular flexibility index (Phi) is 8.32. The predicted molar refractivity (Wildman–Crippen MR) is 135 cm³/mol. The molecule has 0 fully saturated rings. The van der Waals surface area contributed by atoms with Crippen molar-refractivity contribution in [1.82, 2.24) is 14.9 Å². The maximum atomic E-state index is 14.6. The van der Waals surface area contributed by atoms with E-state index in [1.165, 1.54) is 36.7 Å². The molecule has 36 heavy (non-hydrogen) atoms. The first-order valence-electron chi connectivity index (χ1n) is 11.3. The number of hydrogen-bond donors (Lipinski definition) is 4. The van der Waals surface area contributed by atoms with Crippen LogP contribution >= 0.6 is 11.6 Å². The zero-order valence-corrected chi connectivity index (χ0v) is 20.0. The van der Waals surface area contributed by atoms with Gasteiger partial charge in [0.15, 0.2) is 11.6 Å². The molecule has 3 heterocycles. The van der Waals surface area contributed by atoms with Crippen LogP contribution in [0, 0.1) is 5.82 Å². The van der Waals surface area contributed by atoms with E-state index < -0.39 is 11.7 Å². The highest BCUT2D eigenvalue weighted by molar-refractivity contribution is 6.30. The van der Waals surface area contributed by atoms with Crippen molar-refractivity contribution < 1.29 is 24.1 Å². The lowest BCUT2D eigenvalue weighted by molar-refractivity contribution is -0.112. The van der Waals surface area contributed by atoms with Crippen molar-refractivity contribution in [3.8, 4) is 28.1 Å². The molecule has 11 heteroatoms. The number of nitrogens with one attached hydrogen (secondary N) is 2. The lowest BCUT2D eigenvalue weighted by Crippen LogP contribution is -2.25. The van der Waals surface area contributed by atoms with E-state index in [1.807, 2.05) is 0 Å². The predicted octanol–water partition coefficient (Wildman–Crippen LogP) is 3.15. The molecule has 188 valence electrons. The highest BCUT2D eigenvalue weighted by atomic mass is 35.5. The number of amides is 1. The molecule has 0 unspecified atom stereocenters. The van der Waals surface area contributed by atoms with Gasteiger partial charge in [-0.05, 0) is 30.3 Å². The van der Waals surface area contributed by atoms with Crippen LogP contribution in [-0.2, 0) is 4.79 Å². The number of hydrogen-bond acceptors (Lipinski definition) is 8. The van der Waals surface area contributed by atoms with Crippen LogP contribution in [0.3, 0.4) is 0 Å². The normalized spacial score (nSPS) is 12.6. The average Bonchev–Trinajstić information content (AvgIpc) is 2.88. The molecule has 4 rings (SSSR count). The Morgan fingerprint density at radius 2 is 2.00 bits per heavy atom. The fourth-order valence-corrected chi connectivity index (χ4v) is 3.87. The van der Waals surface area contributed by atoms with Gasteiger partial charge in [0, 0.05) is 53.3 Å². The number of ether oxygens (including phenoxy) is 1. The molecule has 3 aromatic rings. The van der Waals surface area contributed by atoms with Crippen LogP contribution in [0.2, 0.25) is 5.02 Å². The summed E-state index contributed by atoms with van der Waals surface area (Å²) in [5.41, 5.74) is 2.30. The summed E-state index contributed by atoms with van der Waals surface area (Å²) in [6, 6.07) is 7.69. The van der Waals surface area contributed by atoms with Crippen LogP contribution < -0.4 is 15.4 Å². The van der Waals surface area contributed by atoms with E-state index in [4.69, 9.17) is 26.6 Å². The number of benzene rings is 1. The molecule has 4 N–H and O–H groups in total. The van der Waals surface area contributed by atoms with Crippen molar-refractivity contribution in [2.75, 3.05) is 50.1 Å². The summed E-state index contributed by atoms with van der Waals surface area (Å²) in [5, 5.41) is 24.5. The van der Waals surface area contributed by atoms with Gasteiger partial charge in [0.25, 0.3) is 0 Å². The molecular formula is C25H25ClFN5O4. The third kappa shape index (κ3) is 6.09. The second kappa shape index (κ2) is 11.8. The van der Waals surface area contributed by atoms with Crippen molar-refractivity contribution in [3.63, 3.8) is 0 Å². The maximum absolute atomic E-state index is 14.6. The van der Waals surface area contributed by atoms with Crippen molar-refractivity contribution >= 4 is 29.0 Å². The summed E-state index contributed by atoms with van der Waals surface area (Å²) < 4.78 is 20.5. The monoisotopic (exact) mass is 513 g/mol. The average molecular weight is 514 g/mol. The van der Waals surface area contributed by atoms with Crippen molar-refractivity contribution in [2.45, 2.75) is 0 Å². The molecule has 0 atom stereocenters. The molecule has 1 aliphatic rings. The summed E-state index contributed by atoms with van der Waals surface area (Å²) in [4.78, 5) is 22.8. The van der Waals surface area contributed by atoms with Gasteiger partial charge in [-0.1, -0.05) is 11.6 Å². The van der Waals surface area contributed by atoms with Crippen LogP contribution in [-0.4, -0.2) is 70.4 Å². The van der Waals surface area contributed by atoms with Gasteiger partial charge >= 0.3 is 0 Å². The topological polar surface area (TPSA) is 120 Å². The molecule has 0 saturated carbocycles. The smallest absolute Gasteiger partial charge is 0.249 e. The van der Waals surface area contributed by atoms with E-state index in [0.29, 0.717) is 52.2 Å². The number of fused-ring (bicyclic) bond motifs is 1. The second-order valence-electron chi connectivity index (χ2n) is 7.88. The lowest BCUT2D eigenvalue weighted by Gasteiger charge is -2.22. The Morgan fingerprint density at radius 3 is 2.78 bits per heavy atom. The van der Waals surface area contributed by atoms with Gasteiger partial charge in [-0.2, -0.15) is 0 Å². The van der Waals surface area contributed by atoms with Crippen LogP contribution in [0.1, 0.15) is 0 Å². The summed E-state index contributed by atoms with van der Waals surface area (Å²) >= 11 is 6.10. The molecule has 1 amide bonds. The fourth-order valence-electron chi connectivity index (χ4n) is 3.70. The Morgan fingerprint density at radius 1 is 1.19 bits per heavy atom. The highest BCUT2D eigenvalue weighted by Gasteiger charge is 2.21. The molecule has 0 radical (unpaired) electrons. The first-order chi connectivity index (χ1) is 17.5. The summed E-state index contributed by atoms with van der Waals surface area (Å²) in [5.74, 6) is 0.0997. The van der Waals surface area contributed by atoms with Gasteiger partial charge < -0.3 is 30.5 Å². The number of aliphatic hydroxyl groups is 2. The molecule has 1 aliphatic heterocycles. The van der Waals surface area contributed by atoms with Crippen molar-refractivity contribution in [2.24, 2.45) is 0 Å². The van der Waals surface area contributed by atoms with Crippen LogP contribution in [0.5, 0.6) is 5.75 Å². The maximum Gasteiger partial charge on any atom is 0.249 e. The fraction of sp³-hybridized carbons (Fsp3) is 0.240. The van der Waals surface area contributed by atoms with E-state index >= 15 is 0 Å². The first kappa shape index (κ1) is 25.4. The Labute approximate surface area is 212 Å². The molecular weight excluding hydrogens is 489 g/mol. The molecule has 0 saturated heterocycles. The van der Waals surface area contributed by atoms with E-state index in [2.05, 4.69) is 20.6 Å². The SMILES string of the molecule is O=C(C=CN(CCO)CCO)Nc1cncc(-c2cc(-c3cc(Cl)ccc3F)nc3c2OCCN3)c1. The number of pyridine rings is 2. The Hall–Kier alpha value is -3.73. The van der Waals surface area contributed by atoms with Gasteiger partial charge in [0.1, 0.15) is 12.4 Å². The number of carbonyl (C=O) groups excluding carboxylic acids is 1. The molecule has 0 aliphatic carbocycles. The van der Waals surface area contributed by atoms with E-state index in [9.17, 15) is 9.18 Å². The second-order valence-corrected chi connectivity index (χ2v) is 8.32. The van der Waals surface area contributed by atoms with Crippen molar-refractivity contribution in [1.29, 1.82) is 0 Å². The minimum absolute atomic E-state index is 0.105. The standard InChI is InChI=1S/C25H25ClFN5O4/c26-17-1-2-21(27)20(12-17)22-13-19(24-25(31-22)29-4-10-36-24)16-11-18(15-28-14-16)30-23(35)3-5-32(6-8-33)7-9-34/h1-3,5,11-15,33-34H,4,6-10H2,(H,29,31)(H,30,35). The first-order valence-corrected chi connectivity index (χ1v) is 11.6. The van der Waals surface area contributed by atoms with Gasteiger partial charge in [-0.15, -0.1) is 0 Å². The number of carbonyl (C=O) groups is 1. The zero-order chi connectivity index (χ0) is 25.5. The van der Waals surface area contributed by atoms with E-state index in [0.717, 1.165) is 0 Å². The number of anilines is 2. The van der Waals surface area contributed by atoms with E-state index in [1.54, 1.807) is 23.2 Å². The molecule has 9 nitrogen and oxygen atoms in total. The number of aromatic nitrogens is 2. The quantitative estimate of drug-likeness (QED) is 0.322. The van der Waals surface area contributed by atoms with Crippen LogP contribution in [0.4, 0.5) is 15.9 Å². The minimum Gasteiger partial charge on any atom is -0.487 e. The summed E-state index contributed by atoms with van der Waals surface area (Å²) in [6.45, 7) is 1.35. The van der Waals surface area contributed by atoms with Gasteiger partial charge in [-0.3, -0.25) is 9.78 Å². The summed E-state index contributed by atoms with van der Waals surface area (Å²) in [7, 11) is 0. The Balaban J connectivity index is 1.65. The Bertz CT molecular complexity index is 1270. The van der Waals surface area contributed by atoms with Gasteiger partial charge in [-0.25, -0.2) is 9.37 Å². The number of aliphatic hydroxyl groups excluding tert-OH is 2. The minimum atomic E-state index is -0.461. The van der Waals surface area contributed by atoms with Crippen LogP contribution in [0.15, 0.2) is 55.0 Å². The van der Waals surface area contributed by atoms with Crippen LogP contribution in [0.25, 0.3) is 22.4 Å². The molecule has 1 aromatic carbocycles. The number of rotatable bonds is 9. The molecule has 0 bridgehead atoms. The third-order valence-electron chi connectivity index (χ3n) is 5.35. The zero-order valence-electron chi connectivity index (χ0n) is 19.2. The number of nitrogens with zero attached hydrogens (tertiary/aromatic N) is 3.